The van der Waals surface area contributed by atoms with Crippen molar-refractivity contribution < 1.29 is 18.7 Å². The Kier molecular flexibility index (Phi) is 7.85. The van der Waals surface area contributed by atoms with Crippen molar-refractivity contribution in [2.75, 3.05) is 33.3 Å². The molecule has 1 fully saturated rings. The number of ether oxygens (including phenoxy) is 2. The maximum Gasteiger partial charge on any atom is 0.298 e. The van der Waals surface area contributed by atoms with Crippen LogP contribution < -0.4 is 14.8 Å². The lowest BCUT2D eigenvalue weighted by Gasteiger charge is -2.26. The largest absolute Gasteiger partial charge is 0.493 e. The number of hydrogen-bond acceptors (Lipinski definition) is 7. The average molecular weight is 471 g/mol. The zero-order chi connectivity index (χ0) is 23.0. The Hall–Kier alpha value is -3.04. The number of amides is 1. The molecule has 3 aromatic rings. The molecule has 1 aliphatic rings. The molecule has 0 saturated carbocycles. The molecule has 2 heterocycles. The molecular formula is C24H27FN4O3S. The number of aromatic nitrogens is 2. The molecule has 33 heavy (non-hydrogen) atoms. The molecule has 1 saturated heterocycles. The lowest BCUT2D eigenvalue weighted by atomic mass is 10.1. The van der Waals surface area contributed by atoms with Gasteiger partial charge in [0.15, 0.2) is 17.3 Å². The first-order valence-corrected chi connectivity index (χ1v) is 11.8. The van der Waals surface area contributed by atoms with Gasteiger partial charge in [0.25, 0.3) is 11.1 Å². The second kappa shape index (κ2) is 11.2. The minimum atomic E-state index is -0.281. The summed E-state index contributed by atoms with van der Waals surface area (Å²) in [5, 5.41) is 3.32. The molecule has 1 N–H and O–H groups in total. The minimum Gasteiger partial charge on any atom is -0.493 e. The van der Waals surface area contributed by atoms with Crippen molar-refractivity contribution >= 4 is 17.4 Å². The summed E-state index contributed by atoms with van der Waals surface area (Å²) in [7, 11) is 1.54. The van der Waals surface area contributed by atoms with Crippen LogP contribution in [-0.2, 0) is 6.42 Å². The highest BCUT2D eigenvalue weighted by atomic mass is 32.1. The van der Waals surface area contributed by atoms with Gasteiger partial charge in [-0.15, -0.1) is 0 Å². The number of methoxy groups -OCH3 is 1. The highest BCUT2D eigenvalue weighted by Gasteiger charge is 2.15. The minimum absolute atomic E-state index is 0.159. The van der Waals surface area contributed by atoms with Crippen LogP contribution in [0.5, 0.6) is 16.7 Å². The molecule has 4 rings (SSSR count). The highest BCUT2D eigenvalue weighted by Crippen LogP contribution is 2.33. The van der Waals surface area contributed by atoms with Crippen LogP contribution >= 0.6 is 11.5 Å². The Morgan fingerprint density at radius 2 is 1.91 bits per heavy atom. The van der Waals surface area contributed by atoms with E-state index < -0.39 is 0 Å². The van der Waals surface area contributed by atoms with Crippen LogP contribution in [0.1, 0.15) is 41.0 Å². The first-order valence-electron chi connectivity index (χ1n) is 11.0. The van der Waals surface area contributed by atoms with Crippen LogP contribution in [0.2, 0.25) is 0 Å². The van der Waals surface area contributed by atoms with Gasteiger partial charge in [0.05, 0.1) is 7.11 Å². The fourth-order valence-corrected chi connectivity index (χ4v) is 4.30. The lowest BCUT2D eigenvalue weighted by molar-refractivity contribution is 0.0946. The van der Waals surface area contributed by atoms with Crippen molar-refractivity contribution in [3.63, 3.8) is 0 Å². The third-order valence-corrected chi connectivity index (χ3v) is 6.14. The van der Waals surface area contributed by atoms with Gasteiger partial charge in [-0.3, -0.25) is 4.79 Å². The van der Waals surface area contributed by atoms with E-state index in [0.717, 1.165) is 36.7 Å². The van der Waals surface area contributed by atoms with Crippen molar-refractivity contribution in [3.05, 3.63) is 65.2 Å². The number of halogens is 1. The van der Waals surface area contributed by atoms with E-state index in [1.54, 1.807) is 37.4 Å². The summed E-state index contributed by atoms with van der Waals surface area (Å²) in [6.45, 7) is 3.65. The van der Waals surface area contributed by atoms with E-state index >= 15 is 0 Å². The van der Waals surface area contributed by atoms with Crippen molar-refractivity contribution in [1.29, 1.82) is 0 Å². The molecule has 0 radical (unpaired) electrons. The average Bonchev–Trinajstić information content (AvgIpc) is 3.27. The first-order chi connectivity index (χ1) is 16.1. The highest BCUT2D eigenvalue weighted by molar-refractivity contribution is 7.07. The van der Waals surface area contributed by atoms with Crippen LogP contribution in [0.15, 0.2) is 42.5 Å². The van der Waals surface area contributed by atoms with Gasteiger partial charge in [-0.05, 0) is 61.8 Å². The van der Waals surface area contributed by atoms with Crippen molar-refractivity contribution in [2.24, 2.45) is 0 Å². The normalized spacial score (nSPS) is 14.1. The second-order valence-electron chi connectivity index (χ2n) is 7.91. The molecule has 0 aliphatic carbocycles. The third kappa shape index (κ3) is 6.49. The van der Waals surface area contributed by atoms with E-state index in [-0.39, 0.29) is 11.7 Å². The molecule has 0 atom stereocenters. The molecule has 9 heteroatoms. The maximum atomic E-state index is 13.1. The first kappa shape index (κ1) is 23.1. The summed E-state index contributed by atoms with van der Waals surface area (Å²) < 4.78 is 28.7. The zero-order valence-electron chi connectivity index (χ0n) is 18.6. The van der Waals surface area contributed by atoms with E-state index in [9.17, 15) is 9.18 Å². The van der Waals surface area contributed by atoms with Gasteiger partial charge >= 0.3 is 0 Å². The Balaban J connectivity index is 1.37. The predicted molar refractivity (Wildman–Crippen MR) is 125 cm³/mol. The molecule has 0 bridgehead atoms. The number of piperidine rings is 1. The standard InChI is InChI=1S/C24H27FN4O3S/c1-31-20-10-7-18(23(30)26-11-14-29-12-3-2-4-13-29)16-21(20)32-24-27-22(28-33-24)15-17-5-8-19(25)9-6-17/h5-10,16H,2-4,11-15H2,1H3,(H,26,30). The number of hydrogen-bond donors (Lipinski definition) is 1. The molecule has 0 spiro atoms. The fraction of sp³-hybridized carbons (Fsp3) is 0.375. The maximum absolute atomic E-state index is 13.1. The Bertz CT molecular complexity index is 1070. The van der Waals surface area contributed by atoms with Gasteiger partial charge in [-0.25, -0.2) is 4.39 Å². The number of carbonyl (C=O) groups excluding carboxylic acids is 1. The molecule has 0 unspecified atom stereocenters. The van der Waals surface area contributed by atoms with Gasteiger partial charge < -0.3 is 19.7 Å². The fourth-order valence-electron chi connectivity index (χ4n) is 3.74. The van der Waals surface area contributed by atoms with E-state index in [1.807, 2.05) is 0 Å². The smallest absolute Gasteiger partial charge is 0.298 e. The van der Waals surface area contributed by atoms with Crippen molar-refractivity contribution in [3.8, 4) is 16.7 Å². The summed E-state index contributed by atoms with van der Waals surface area (Å²) in [5.41, 5.74) is 1.39. The molecule has 1 aromatic heterocycles. The van der Waals surface area contributed by atoms with E-state index in [2.05, 4.69) is 19.6 Å². The molecular weight excluding hydrogens is 443 g/mol. The Labute approximate surface area is 196 Å². The number of carbonyl (C=O) groups is 1. The predicted octanol–water partition coefficient (Wildman–Crippen LogP) is 4.28. The third-order valence-electron chi connectivity index (χ3n) is 5.51. The summed E-state index contributed by atoms with van der Waals surface area (Å²) in [6.07, 6.45) is 4.21. The zero-order valence-corrected chi connectivity index (χ0v) is 19.4. The number of rotatable bonds is 9. The number of nitrogens with zero attached hydrogens (tertiary/aromatic N) is 3. The SMILES string of the molecule is COc1ccc(C(=O)NCCN2CCCCC2)cc1Oc1nc(Cc2ccc(F)cc2)ns1. The van der Waals surface area contributed by atoms with Crippen LogP contribution in [0.3, 0.4) is 0 Å². The molecule has 174 valence electrons. The second-order valence-corrected chi connectivity index (χ2v) is 8.62. The van der Waals surface area contributed by atoms with Crippen LogP contribution in [0, 0.1) is 5.82 Å². The summed E-state index contributed by atoms with van der Waals surface area (Å²) in [4.78, 5) is 19.4. The molecule has 2 aromatic carbocycles. The monoisotopic (exact) mass is 470 g/mol. The van der Waals surface area contributed by atoms with Gasteiger partial charge in [0.2, 0.25) is 0 Å². The van der Waals surface area contributed by atoms with Gasteiger partial charge in [-0.2, -0.15) is 9.36 Å². The molecule has 1 aliphatic heterocycles. The van der Waals surface area contributed by atoms with E-state index in [1.165, 1.54) is 31.4 Å². The Morgan fingerprint density at radius 3 is 2.67 bits per heavy atom. The topological polar surface area (TPSA) is 76.6 Å². The number of nitrogens with one attached hydrogen (secondary N) is 1. The number of likely N-dealkylation sites (tertiary alicyclic amines) is 1. The van der Waals surface area contributed by atoms with Crippen molar-refractivity contribution in [1.82, 2.24) is 19.6 Å². The Morgan fingerprint density at radius 1 is 1.12 bits per heavy atom. The van der Waals surface area contributed by atoms with Crippen molar-refractivity contribution in [2.45, 2.75) is 25.7 Å². The lowest BCUT2D eigenvalue weighted by Crippen LogP contribution is -2.37. The quantitative estimate of drug-likeness (QED) is 0.503. The summed E-state index contributed by atoms with van der Waals surface area (Å²) in [5.74, 6) is 1.03. The number of benzene rings is 2. The van der Waals surface area contributed by atoms with Crippen LogP contribution in [-0.4, -0.2) is 53.5 Å². The van der Waals surface area contributed by atoms with Gasteiger partial charge in [0.1, 0.15) is 5.82 Å². The molecule has 7 nitrogen and oxygen atoms in total. The van der Waals surface area contributed by atoms with Gasteiger partial charge in [-0.1, -0.05) is 18.6 Å². The van der Waals surface area contributed by atoms with Gasteiger partial charge in [0, 0.05) is 36.6 Å². The van der Waals surface area contributed by atoms with Crippen LogP contribution in [0.25, 0.3) is 0 Å². The summed E-state index contributed by atoms with van der Waals surface area (Å²) >= 11 is 1.11. The molecule has 1 amide bonds. The van der Waals surface area contributed by atoms with E-state index in [4.69, 9.17) is 9.47 Å². The van der Waals surface area contributed by atoms with Crippen LogP contribution in [0.4, 0.5) is 4.39 Å². The van der Waals surface area contributed by atoms with E-state index in [0.29, 0.717) is 41.0 Å². The summed E-state index contributed by atoms with van der Waals surface area (Å²) in [6, 6.07) is 11.3.